The third kappa shape index (κ3) is 4.65. The maximum atomic E-state index is 5.39. The minimum Gasteiger partial charge on any atom is -0.491 e. The fraction of sp³-hybridized carbons (Fsp3) is 0.800. The summed E-state index contributed by atoms with van der Waals surface area (Å²) in [5.41, 5.74) is 0. The zero-order valence-corrected chi connectivity index (χ0v) is 9.05. The molecule has 0 rings (SSSR count). The van der Waals surface area contributed by atoms with Gasteiger partial charge in [0.15, 0.2) is 5.76 Å². The highest BCUT2D eigenvalue weighted by Crippen LogP contribution is 2.13. The van der Waals surface area contributed by atoms with Crippen molar-refractivity contribution in [2.45, 2.75) is 34.1 Å². The van der Waals surface area contributed by atoms with Gasteiger partial charge in [-0.3, -0.25) is 0 Å². The summed E-state index contributed by atoms with van der Waals surface area (Å²) in [5, 5.41) is 0. The second-order valence-electron chi connectivity index (χ2n) is 2.36. The molecule has 0 amide bonds. The van der Waals surface area contributed by atoms with Crippen LogP contribution in [0, 0.1) is 0 Å². The zero-order chi connectivity index (χ0) is 10.1. The first-order valence-corrected chi connectivity index (χ1v) is 4.91. The summed E-state index contributed by atoms with van der Waals surface area (Å²) in [6.45, 7) is 9.68. The highest BCUT2D eigenvalue weighted by atomic mass is 16.7. The van der Waals surface area contributed by atoms with Gasteiger partial charge < -0.3 is 14.2 Å². The number of allylic oxidation sites excluding steroid dienone is 1. The molecule has 0 aliphatic carbocycles. The fourth-order valence-electron chi connectivity index (χ4n) is 0.944. The molecular formula is C10H20O3. The smallest absolute Gasteiger partial charge is 0.318 e. The standard InChI is InChI=1S/C10H20O3/c1-5-9(11-6-2)10(12-7-3)13-8-4/h5-8H2,1-4H3. The van der Waals surface area contributed by atoms with Crippen molar-refractivity contribution < 1.29 is 14.2 Å². The van der Waals surface area contributed by atoms with Crippen molar-refractivity contribution in [2.24, 2.45) is 0 Å². The van der Waals surface area contributed by atoms with Crippen molar-refractivity contribution in [3.63, 3.8) is 0 Å². The van der Waals surface area contributed by atoms with Gasteiger partial charge in [-0.05, 0) is 20.8 Å². The Balaban J connectivity index is 4.35. The second kappa shape index (κ2) is 7.77. The lowest BCUT2D eigenvalue weighted by Gasteiger charge is -2.14. The Morgan fingerprint density at radius 1 is 0.769 bits per heavy atom. The van der Waals surface area contributed by atoms with E-state index in [4.69, 9.17) is 14.2 Å². The molecule has 3 heteroatoms. The minimum absolute atomic E-state index is 0.536. The van der Waals surface area contributed by atoms with Crippen LogP contribution < -0.4 is 0 Å². The van der Waals surface area contributed by atoms with Gasteiger partial charge in [0, 0.05) is 6.42 Å². The number of rotatable bonds is 7. The van der Waals surface area contributed by atoms with Crippen LogP contribution in [0.15, 0.2) is 11.7 Å². The van der Waals surface area contributed by atoms with Crippen LogP contribution in [-0.4, -0.2) is 19.8 Å². The lowest BCUT2D eigenvalue weighted by molar-refractivity contribution is 0.0209. The molecule has 13 heavy (non-hydrogen) atoms. The quantitative estimate of drug-likeness (QED) is 0.575. The van der Waals surface area contributed by atoms with Crippen LogP contribution in [-0.2, 0) is 14.2 Å². The Morgan fingerprint density at radius 3 is 1.54 bits per heavy atom. The molecule has 0 spiro atoms. The molecule has 0 N–H and O–H groups in total. The lowest BCUT2D eigenvalue weighted by atomic mass is 10.4. The van der Waals surface area contributed by atoms with Crippen LogP contribution in [0.5, 0.6) is 0 Å². The third-order valence-electron chi connectivity index (χ3n) is 1.42. The van der Waals surface area contributed by atoms with E-state index in [-0.39, 0.29) is 0 Å². The fourth-order valence-corrected chi connectivity index (χ4v) is 0.944. The van der Waals surface area contributed by atoms with Crippen LogP contribution in [0.3, 0.4) is 0 Å². The normalized spacial score (nSPS) is 9.23. The molecule has 0 bridgehead atoms. The lowest BCUT2D eigenvalue weighted by Crippen LogP contribution is -2.04. The molecule has 0 atom stereocenters. The Bertz CT molecular complexity index is 144. The van der Waals surface area contributed by atoms with E-state index in [1.807, 2.05) is 27.7 Å². The summed E-state index contributed by atoms with van der Waals surface area (Å²) in [7, 11) is 0. The maximum absolute atomic E-state index is 5.39. The van der Waals surface area contributed by atoms with Crippen molar-refractivity contribution in [3.05, 3.63) is 11.7 Å². The van der Waals surface area contributed by atoms with E-state index in [9.17, 15) is 0 Å². The largest absolute Gasteiger partial charge is 0.491 e. The predicted octanol–water partition coefficient (Wildman–Crippen LogP) is 2.68. The van der Waals surface area contributed by atoms with Crippen molar-refractivity contribution in [3.8, 4) is 0 Å². The summed E-state index contributed by atoms with van der Waals surface area (Å²) >= 11 is 0. The van der Waals surface area contributed by atoms with Crippen LogP contribution >= 0.6 is 0 Å². The van der Waals surface area contributed by atoms with Gasteiger partial charge in [0.25, 0.3) is 0 Å². The Hall–Kier alpha value is -0.860. The summed E-state index contributed by atoms with van der Waals surface area (Å²) in [4.78, 5) is 0. The van der Waals surface area contributed by atoms with Gasteiger partial charge in [-0.2, -0.15) is 0 Å². The van der Waals surface area contributed by atoms with Gasteiger partial charge >= 0.3 is 5.95 Å². The number of hydrogen-bond donors (Lipinski definition) is 0. The van der Waals surface area contributed by atoms with E-state index in [0.717, 1.165) is 12.2 Å². The molecular weight excluding hydrogens is 168 g/mol. The molecule has 0 fully saturated rings. The molecule has 3 nitrogen and oxygen atoms in total. The molecule has 0 aliphatic heterocycles. The van der Waals surface area contributed by atoms with Gasteiger partial charge in [0.2, 0.25) is 0 Å². The second-order valence-corrected chi connectivity index (χ2v) is 2.36. The molecule has 78 valence electrons. The third-order valence-corrected chi connectivity index (χ3v) is 1.42. The topological polar surface area (TPSA) is 27.7 Å². The molecule has 0 heterocycles. The van der Waals surface area contributed by atoms with Crippen molar-refractivity contribution in [2.75, 3.05) is 19.8 Å². The van der Waals surface area contributed by atoms with Crippen molar-refractivity contribution in [1.29, 1.82) is 0 Å². The average molecular weight is 188 g/mol. The van der Waals surface area contributed by atoms with Crippen LogP contribution in [0.1, 0.15) is 34.1 Å². The summed E-state index contributed by atoms with van der Waals surface area (Å²) in [6.07, 6.45) is 0.795. The highest BCUT2D eigenvalue weighted by molar-refractivity contribution is 4.94. The molecule has 0 unspecified atom stereocenters. The van der Waals surface area contributed by atoms with E-state index >= 15 is 0 Å². The highest BCUT2D eigenvalue weighted by Gasteiger charge is 2.08. The molecule has 0 aromatic heterocycles. The van der Waals surface area contributed by atoms with E-state index in [0.29, 0.717) is 25.8 Å². The molecule has 0 saturated heterocycles. The Morgan fingerprint density at radius 2 is 1.23 bits per heavy atom. The Kier molecular flexibility index (Phi) is 7.26. The van der Waals surface area contributed by atoms with Gasteiger partial charge in [-0.15, -0.1) is 0 Å². The minimum atomic E-state index is 0.536. The summed E-state index contributed by atoms with van der Waals surface area (Å²) < 4.78 is 16.0. The van der Waals surface area contributed by atoms with Gasteiger partial charge in [0.1, 0.15) is 0 Å². The maximum Gasteiger partial charge on any atom is 0.318 e. The number of hydrogen-bond acceptors (Lipinski definition) is 3. The first-order chi connectivity index (χ1) is 6.29. The van der Waals surface area contributed by atoms with Crippen molar-refractivity contribution in [1.82, 2.24) is 0 Å². The van der Waals surface area contributed by atoms with E-state index in [2.05, 4.69) is 0 Å². The summed E-state index contributed by atoms with van der Waals surface area (Å²) in [5.74, 6) is 1.33. The van der Waals surface area contributed by atoms with Gasteiger partial charge in [-0.25, -0.2) is 0 Å². The van der Waals surface area contributed by atoms with Gasteiger partial charge in [-0.1, -0.05) is 6.92 Å². The van der Waals surface area contributed by atoms with Crippen LogP contribution in [0.4, 0.5) is 0 Å². The average Bonchev–Trinajstić information content (AvgIpc) is 2.14. The molecule has 0 radical (unpaired) electrons. The monoisotopic (exact) mass is 188 g/mol. The van der Waals surface area contributed by atoms with E-state index in [1.54, 1.807) is 0 Å². The van der Waals surface area contributed by atoms with E-state index < -0.39 is 0 Å². The SMILES string of the molecule is CCOC(CC)=C(OCC)OCC. The molecule has 0 aromatic rings. The van der Waals surface area contributed by atoms with Crippen LogP contribution in [0.25, 0.3) is 0 Å². The van der Waals surface area contributed by atoms with Crippen molar-refractivity contribution >= 4 is 0 Å². The molecule has 0 saturated carbocycles. The first-order valence-electron chi connectivity index (χ1n) is 4.91. The Labute approximate surface area is 80.7 Å². The van der Waals surface area contributed by atoms with Crippen LogP contribution in [0.2, 0.25) is 0 Å². The first kappa shape index (κ1) is 12.1. The summed E-state index contributed by atoms with van der Waals surface area (Å²) in [6, 6.07) is 0. The zero-order valence-electron chi connectivity index (χ0n) is 9.05. The molecule has 0 aromatic carbocycles. The number of ether oxygens (including phenoxy) is 3. The van der Waals surface area contributed by atoms with Gasteiger partial charge in [0.05, 0.1) is 19.8 Å². The van der Waals surface area contributed by atoms with E-state index in [1.165, 1.54) is 0 Å². The molecule has 0 aliphatic rings. The predicted molar refractivity (Wildman–Crippen MR) is 52.2 cm³/mol.